The molecule has 2 aromatic heterocycles. The summed E-state index contributed by atoms with van der Waals surface area (Å²) in [4.78, 5) is 43.7. The van der Waals surface area contributed by atoms with E-state index in [4.69, 9.17) is 9.84 Å². The number of hydrogen-bond acceptors (Lipinski definition) is 6. The van der Waals surface area contributed by atoms with E-state index >= 15 is 0 Å². The number of nitrogens with zero attached hydrogens (tertiary/aromatic N) is 1. The molecule has 2 aromatic carbocycles. The number of ketones is 1. The van der Waals surface area contributed by atoms with Crippen molar-refractivity contribution in [2.45, 2.75) is 33.0 Å². The second-order valence-corrected chi connectivity index (χ2v) is 8.62. The number of thiophene rings is 1. The van der Waals surface area contributed by atoms with Gasteiger partial charge in [-0.25, -0.2) is 9.78 Å². The Morgan fingerprint density at radius 3 is 2.42 bits per heavy atom. The number of aromatic carboxylic acids is 1. The number of carboxylic acid groups (broad SMARTS) is 1. The first-order valence-corrected chi connectivity index (χ1v) is 11.3. The molecule has 168 valence electrons. The largest absolute Gasteiger partial charge is 0.478 e. The zero-order valence-corrected chi connectivity index (χ0v) is 18.8. The van der Waals surface area contributed by atoms with Crippen molar-refractivity contribution in [3.05, 3.63) is 97.9 Å². The minimum absolute atomic E-state index is 0.0763. The van der Waals surface area contributed by atoms with E-state index in [1.807, 2.05) is 31.2 Å². The zero-order chi connectivity index (χ0) is 23.4. The van der Waals surface area contributed by atoms with Gasteiger partial charge >= 0.3 is 5.97 Å². The number of rotatable bonds is 9. The van der Waals surface area contributed by atoms with E-state index in [-0.39, 0.29) is 42.4 Å². The van der Waals surface area contributed by atoms with E-state index in [0.717, 1.165) is 16.7 Å². The molecule has 0 unspecified atom stereocenters. The maximum atomic E-state index is 12.7. The van der Waals surface area contributed by atoms with Crippen LogP contribution in [0.15, 0.2) is 58.7 Å². The van der Waals surface area contributed by atoms with Crippen LogP contribution in [0.1, 0.15) is 49.7 Å². The molecule has 0 saturated heterocycles. The highest BCUT2D eigenvalue weighted by Gasteiger charge is 2.16. The van der Waals surface area contributed by atoms with E-state index in [2.05, 4.69) is 9.97 Å². The molecule has 0 saturated carbocycles. The normalized spacial score (nSPS) is 11.1. The lowest BCUT2D eigenvalue weighted by Gasteiger charge is -2.05. The van der Waals surface area contributed by atoms with Crippen molar-refractivity contribution in [1.29, 1.82) is 0 Å². The highest BCUT2D eigenvalue weighted by atomic mass is 32.1. The number of Topliss-reactive ketones (excluding diaryl/α,β-unsaturated/α-hetero) is 1. The van der Waals surface area contributed by atoms with E-state index in [1.54, 1.807) is 17.5 Å². The Balaban J connectivity index is 1.40. The lowest BCUT2D eigenvalue weighted by Crippen LogP contribution is -2.16. The number of fused-ring (bicyclic) bond motifs is 1. The third kappa shape index (κ3) is 5.42. The molecule has 0 amide bonds. The van der Waals surface area contributed by atoms with Crippen LogP contribution in [0.4, 0.5) is 0 Å². The van der Waals surface area contributed by atoms with Gasteiger partial charge in [0.05, 0.1) is 24.2 Å². The fourth-order valence-corrected chi connectivity index (χ4v) is 4.32. The van der Waals surface area contributed by atoms with E-state index in [0.29, 0.717) is 22.2 Å². The summed E-state index contributed by atoms with van der Waals surface area (Å²) in [6.45, 7) is 2.49. The number of aryl methyl sites for hydroxylation is 2. The third-order valence-corrected chi connectivity index (χ3v) is 6.19. The maximum Gasteiger partial charge on any atom is 0.335 e. The molecular weight excluding hydrogens is 440 g/mol. The van der Waals surface area contributed by atoms with Crippen LogP contribution in [0.25, 0.3) is 10.2 Å². The van der Waals surface area contributed by atoms with Gasteiger partial charge in [-0.05, 0) is 42.0 Å². The Bertz CT molecular complexity index is 1350. The second kappa shape index (κ2) is 9.89. The van der Waals surface area contributed by atoms with Gasteiger partial charge in [0.15, 0.2) is 11.6 Å². The lowest BCUT2D eigenvalue weighted by molar-refractivity contribution is 0.0696. The molecular formula is C25H22N2O5S. The second-order valence-electron chi connectivity index (χ2n) is 7.76. The number of carboxylic acids is 1. The van der Waals surface area contributed by atoms with Crippen LogP contribution >= 0.6 is 11.3 Å². The number of benzene rings is 2. The molecule has 2 heterocycles. The Kier molecular flexibility index (Phi) is 6.76. The molecule has 0 aliphatic rings. The summed E-state index contributed by atoms with van der Waals surface area (Å²) in [6, 6.07) is 14.4. The fourth-order valence-electron chi connectivity index (χ4n) is 3.40. The van der Waals surface area contributed by atoms with Crippen molar-refractivity contribution in [1.82, 2.24) is 9.97 Å². The number of aromatic nitrogens is 2. The maximum absolute atomic E-state index is 12.7. The Labute approximate surface area is 193 Å². The molecule has 33 heavy (non-hydrogen) atoms. The Morgan fingerprint density at radius 2 is 1.73 bits per heavy atom. The Morgan fingerprint density at radius 1 is 1.03 bits per heavy atom. The first-order valence-electron chi connectivity index (χ1n) is 10.4. The van der Waals surface area contributed by atoms with Gasteiger partial charge in [-0.15, -0.1) is 11.3 Å². The number of nitrogens with one attached hydrogen (secondary N) is 1. The average Bonchev–Trinajstić information content (AvgIpc) is 3.22. The molecule has 0 fully saturated rings. The van der Waals surface area contributed by atoms with Crippen LogP contribution in [0.2, 0.25) is 0 Å². The predicted octanol–water partition coefficient (Wildman–Crippen LogP) is 4.52. The molecule has 7 nitrogen and oxygen atoms in total. The van der Waals surface area contributed by atoms with Crippen LogP contribution in [-0.2, 0) is 24.4 Å². The van der Waals surface area contributed by atoms with Crippen molar-refractivity contribution in [2.24, 2.45) is 0 Å². The van der Waals surface area contributed by atoms with Gasteiger partial charge in [-0.3, -0.25) is 9.59 Å². The van der Waals surface area contributed by atoms with Gasteiger partial charge in [0.2, 0.25) is 0 Å². The molecule has 4 aromatic rings. The first kappa shape index (κ1) is 22.6. The number of hydrogen-bond donors (Lipinski definition) is 2. The highest BCUT2D eigenvalue weighted by Crippen LogP contribution is 2.22. The molecule has 0 aliphatic heterocycles. The quantitative estimate of drug-likeness (QED) is 0.354. The monoisotopic (exact) mass is 462 g/mol. The van der Waals surface area contributed by atoms with E-state index < -0.39 is 5.97 Å². The van der Waals surface area contributed by atoms with Gasteiger partial charge < -0.3 is 14.8 Å². The fraction of sp³-hybridized carbons (Fsp3) is 0.200. The third-order valence-electron chi connectivity index (χ3n) is 5.27. The van der Waals surface area contributed by atoms with Crippen LogP contribution in [0, 0.1) is 6.92 Å². The van der Waals surface area contributed by atoms with Gasteiger partial charge in [0, 0.05) is 12.0 Å². The van der Waals surface area contributed by atoms with Crippen molar-refractivity contribution in [3.63, 3.8) is 0 Å². The molecule has 0 atom stereocenters. The summed E-state index contributed by atoms with van der Waals surface area (Å²) in [6.07, 6.45) is 0.845. The van der Waals surface area contributed by atoms with E-state index in [1.165, 1.54) is 23.5 Å². The summed E-state index contributed by atoms with van der Waals surface area (Å²) >= 11 is 1.30. The van der Waals surface area contributed by atoms with Crippen molar-refractivity contribution < 1.29 is 19.4 Å². The molecule has 4 rings (SSSR count). The summed E-state index contributed by atoms with van der Waals surface area (Å²) in [7, 11) is 0. The number of aromatic amines is 1. The van der Waals surface area contributed by atoms with Gasteiger partial charge in [0.1, 0.15) is 4.83 Å². The molecule has 2 N–H and O–H groups in total. The standard InChI is InChI=1S/C25H22N2O5S/c1-15-2-4-16(5-3-15)8-11-20(28)22-26-23(29)21-19(14-33-24(21)27-22)13-32-12-17-6-9-18(10-7-17)25(30)31/h2-7,9-10,14H,8,11-13H2,1H3,(H,30,31)(H,26,27,29). The van der Waals surface area contributed by atoms with Gasteiger partial charge in [0.25, 0.3) is 5.56 Å². The van der Waals surface area contributed by atoms with Crippen molar-refractivity contribution in [3.8, 4) is 0 Å². The SMILES string of the molecule is Cc1ccc(CCC(=O)c2nc3scc(COCc4ccc(C(=O)O)cc4)c3c(=O)[nH]2)cc1. The topological polar surface area (TPSA) is 109 Å². The summed E-state index contributed by atoms with van der Waals surface area (Å²) in [5, 5.41) is 11.2. The predicted molar refractivity (Wildman–Crippen MR) is 126 cm³/mol. The van der Waals surface area contributed by atoms with E-state index in [9.17, 15) is 14.4 Å². The zero-order valence-electron chi connectivity index (χ0n) is 18.0. The molecule has 0 radical (unpaired) electrons. The molecule has 0 aliphatic carbocycles. The summed E-state index contributed by atoms with van der Waals surface area (Å²) < 4.78 is 5.71. The number of carbonyl (C=O) groups is 2. The number of H-pyrrole nitrogens is 1. The summed E-state index contributed by atoms with van der Waals surface area (Å²) in [5.74, 6) is -1.11. The van der Waals surface area contributed by atoms with Gasteiger partial charge in [-0.2, -0.15) is 0 Å². The number of ether oxygens (including phenoxy) is 1. The summed E-state index contributed by atoms with van der Waals surface area (Å²) in [5.41, 5.74) is 3.60. The molecule has 0 bridgehead atoms. The van der Waals surface area contributed by atoms with Gasteiger partial charge in [-0.1, -0.05) is 42.0 Å². The van der Waals surface area contributed by atoms with Crippen molar-refractivity contribution >= 4 is 33.3 Å². The molecule has 0 spiro atoms. The van der Waals surface area contributed by atoms with Crippen LogP contribution in [-0.4, -0.2) is 26.8 Å². The molecule has 8 heteroatoms. The average molecular weight is 463 g/mol. The van der Waals surface area contributed by atoms with Crippen LogP contribution in [0.5, 0.6) is 0 Å². The lowest BCUT2D eigenvalue weighted by atomic mass is 10.1. The van der Waals surface area contributed by atoms with Crippen LogP contribution in [0.3, 0.4) is 0 Å². The minimum Gasteiger partial charge on any atom is -0.478 e. The smallest absolute Gasteiger partial charge is 0.335 e. The minimum atomic E-state index is -0.980. The van der Waals surface area contributed by atoms with Crippen LogP contribution < -0.4 is 5.56 Å². The Hall–Kier alpha value is -3.62. The number of carbonyl (C=O) groups excluding carboxylic acids is 1. The first-order chi connectivity index (χ1) is 15.9. The van der Waals surface area contributed by atoms with Crippen molar-refractivity contribution in [2.75, 3.05) is 0 Å². The highest BCUT2D eigenvalue weighted by molar-refractivity contribution is 7.16.